The van der Waals surface area contributed by atoms with Crippen LogP contribution in [0.2, 0.25) is 0 Å². The van der Waals surface area contributed by atoms with E-state index in [1.807, 2.05) is 0 Å². The van der Waals surface area contributed by atoms with E-state index in [1.54, 1.807) is 0 Å². The highest BCUT2D eigenvalue weighted by Gasteiger charge is 2.18. The van der Waals surface area contributed by atoms with Crippen LogP contribution in [0.5, 0.6) is 0 Å². The van der Waals surface area contributed by atoms with Crippen molar-refractivity contribution in [2.45, 2.75) is 46.5 Å². The maximum atomic E-state index is 5.59. The second kappa shape index (κ2) is 7.24. The number of hydrogen-bond acceptors (Lipinski definition) is 2. The van der Waals surface area contributed by atoms with Crippen LogP contribution < -0.4 is 5.73 Å². The minimum Gasteiger partial charge on any atom is -0.330 e. The van der Waals surface area contributed by atoms with Crippen LogP contribution in [0.25, 0.3) is 0 Å². The summed E-state index contributed by atoms with van der Waals surface area (Å²) in [7, 11) is 2.22. The molecule has 0 aromatic carbocycles. The second-order valence-corrected chi connectivity index (χ2v) is 5.15. The number of rotatable bonds is 8. The molecule has 2 N–H and O–H groups in total. The van der Waals surface area contributed by atoms with Gasteiger partial charge in [0.1, 0.15) is 0 Å². The Morgan fingerprint density at radius 1 is 1.21 bits per heavy atom. The van der Waals surface area contributed by atoms with E-state index in [0.717, 1.165) is 19.5 Å². The quantitative estimate of drug-likeness (QED) is 0.610. The Morgan fingerprint density at radius 2 is 1.86 bits per heavy atom. The maximum Gasteiger partial charge on any atom is 0.00301 e. The summed E-state index contributed by atoms with van der Waals surface area (Å²) in [5.41, 5.74) is 5.96. The van der Waals surface area contributed by atoms with E-state index in [1.165, 1.54) is 25.8 Å². The van der Waals surface area contributed by atoms with Crippen LogP contribution in [-0.4, -0.2) is 31.6 Å². The molecule has 0 unspecified atom stereocenters. The highest BCUT2D eigenvalue weighted by atomic mass is 15.1. The lowest BCUT2D eigenvalue weighted by Crippen LogP contribution is -2.33. The fourth-order valence-electron chi connectivity index (χ4n) is 1.91. The molecule has 0 aromatic rings. The number of hydrogen-bond donors (Lipinski definition) is 1. The van der Waals surface area contributed by atoms with Gasteiger partial charge in [0.15, 0.2) is 0 Å². The molecule has 0 atom stereocenters. The smallest absolute Gasteiger partial charge is 0.00301 e. The van der Waals surface area contributed by atoms with Crippen molar-refractivity contribution < 1.29 is 0 Å². The third-order valence-electron chi connectivity index (χ3n) is 2.66. The van der Waals surface area contributed by atoms with E-state index in [4.69, 9.17) is 5.73 Å². The summed E-state index contributed by atoms with van der Waals surface area (Å²) in [6.07, 6.45) is 5.10. The third kappa shape index (κ3) is 7.34. The lowest BCUT2D eigenvalue weighted by atomic mass is 9.89. The zero-order valence-corrected chi connectivity index (χ0v) is 10.5. The first-order chi connectivity index (χ1) is 6.52. The SMILES string of the molecule is CCCCCN(C)CC(C)(C)CCN. The molecular weight excluding hydrogens is 172 g/mol. The monoisotopic (exact) mass is 200 g/mol. The van der Waals surface area contributed by atoms with Gasteiger partial charge in [-0.05, 0) is 38.4 Å². The Labute approximate surface area is 89.9 Å². The summed E-state index contributed by atoms with van der Waals surface area (Å²) in [4.78, 5) is 2.44. The van der Waals surface area contributed by atoms with Gasteiger partial charge in [0.25, 0.3) is 0 Å². The predicted molar refractivity (Wildman–Crippen MR) is 64.5 cm³/mol. The first-order valence-electron chi connectivity index (χ1n) is 5.90. The maximum absolute atomic E-state index is 5.59. The molecule has 0 aliphatic carbocycles. The zero-order valence-electron chi connectivity index (χ0n) is 10.5. The van der Waals surface area contributed by atoms with Gasteiger partial charge in [0, 0.05) is 6.54 Å². The molecule has 0 saturated carbocycles. The van der Waals surface area contributed by atoms with Gasteiger partial charge in [0.2, 0.25) is 0 Å². The molecule has 0 aliphatic heterocycles. The lowest BCUT2D eigenvalue weighted by molar-refractivity contribution is 0.198. The molecule has 0 fully saturated rings. The van der Waals surface area contributed by atoms with Gasteiger partial charge in [-0.15, -0.1) is 0 Å². The number of unbranched alkanes of at least 4 members (excludes halogenated alkanes) is 2. The summed E-state index contributed by atoms with van der Waals surface area (Å²) < 4.78 is 0. The van der Waals surface area contributed by atoms with Gasteiger partial charge in [-0.1, -0.05) is 33.6 Å². The first kappa shape index (κ1) is 13.9. The molecule has 2 heteroatoms. The molecule has 0 spiro atoms. The minimum absolute atomic E-state index is 0.371. The lowest BCUT2D eigenvalue weighted by Gasteiger charge is -2.30. The summed E-state index contributed by atoms with van der Waals surface area (Å²) in [6, 6.07) is 0. The van der Waals surface area contributed by atoms with Gasteiger partial charge in [-0.25, -0.2) is 0 Å². The molecule has 0 heterocycles. The molecule has 0 radical (unpaired) electrons. The van der Waals surface area contributed by atoms with Gasteiger partial charge in [-0.2, -0.15) is 0 Å². The van der Waals surface area contributed by atoms with E-state index in [2.05, 4.69) is 32.7 Å². The average Bonchev–Trinajstić information content (AvgIpc) is 2.03. The molecule has 0 saturated heterocycles. The zero-order chi connectivity index (χ0) is 11.0. The van der Waals surface area contributed by atoms with Crippen molar-refractivity contribution in [3.8, 4) is 0 Å². The van der Waals surface area contributed by atoms with E-state index in [9.17, 15) is 0 Å². The Kier molecular flexibility index (Phi) is 7.20. The van der Waals surface area contributed by atoms with E-state index in [0.29, 0.717) is 5.41 Å². The molecular formula is C12H28N2. The molecule has 86 valence electrons. The Balaban J connectivity index is 3.63. The molecule has 0 rings (SSSR count). The first-order valence-corrected chi connectivity index (χ1v) is 5.90. The van der Waals surface area contributed by atoms with Crippen molar-refractivity contribution in [2.24, 2.45) is 11.1 Å². The summed E-state index contributed by atoms with van der Waals surface area (Å²) in [5.74, 6) is 0. The largest absolute Gasteiger partial charge is 0.330 e. The Morgan fingerprint density at radius 3 is 2.36 bits per heavy atom. The van der Waals surface area contributed by atoms with Crippen molar-refractivity contribution in [2.75, 3.05) is 26.7 Å². The summed E-state index contributed by atoms with van der Waals surface area (Å²) in [6.45, 7) is 10.0. The average molecular weight is 200 g/mol. The van der Waals surface area contributed by atoms with Crippen LogP contribution in [0.4, 0.5) is 0 Å². The summed E-state index contributed by atoms with van der Waals surface area (Å²) in [5, 5.41) is 0. The normalized spacial score (nSPS) is 12.4. The van der Waals surface area contributed by atoms with Crippen LogP contribution in [-0.2, 0) is 0 Å². The van der Waals surface area contributed by atoms with Crippen molar-refractivity contribution in [1.82, 2.24) is 4.90 Å². The van der Waals surface area contributed by atoms with Crippen molar-refractivity contribution in [1.29, 1.82) is 0 Å². The molecule has 2 nitrogen and oxygen atoms in total. The van der Waals surface area contributed by atoms with Crippen molar-refractivity contribution in [3.05, 3.63) is 0 Å². The number of nitrogens with zero attached hydrogens (tertiary/aromatic N) is 1. The highest BCUT2D eigenvalue weighted by molar-refractivity contribution is 4.72. The fourth-order valence-corrected chi connectivity index (χ4v) is 1.91. The third-order valence-corrected chi connectivity index (χ3v) is 2.66. The van der Waals surface area contributed by atoms with Gasteiger partial charge >= 0.3 is 0 Å². The second-order valence-electron chi connectivity index (χ2n) is 5.15. The van der Waals surface area contributed by atoms with Crippen LogP contribution in [0, 0.1) is 5.41 Å². The molecule has 14 heavy (non-hydrogen) atoms. The number of nitrogens with two attached hydrogens (primary N) is 1. The van der Waals surface area contributed by atoms with Crippen molar-refractivity contribution >= 4 is 0 Å². The van der Waals surface area contributed by atoms with E-state index < -0.39 is 0 Å². The molecule has 0 aliphatic rings. The topological polar surface area (TPSA) is 29.3 Å². The molecule has 0 bridgehead atoms. The van der Waals surface area contributed by atoms with Gasteiger partial charge in [0.05, 0.1) is 0 Å². The van der Waals surface area contributed by atoms with Crippen LogP contribution in [0.15, 0.2) is 0 Å². The van der Waals surface area contributed by atoms with Crippen LogP contribution >= 0.6 is 0 Å². The standard InChI is InChI=1S/C12H28N2/c1-5-6-7-10-14(4)11-12(2,3)8-9-13/h5-11,13H2,1-4H3. The Hall–Kier alpha value is -0.0800. The fraction of sp³-hybridized carbons (Fsp3) is 1.00. The van der Waals surface area contributed by atoms with Gasteiger partial charge < -0.3 is 10.6 Å². The van der Waals surface area contributed by atoms with Crippen LogP contribution in [0.3, 0.4) is 0 Å². The minimum atomic E-state index is 0.371. The highest BCUT2D eigenvalue weighted by Crippen LogP contribution is 2.20. The van der Waals surface area contributed by atoms with E-state index in [-0.39, 0.29) is 0 Å². The molecule has 0 amide bonds. The van der Waals surface area contributed by atoms with Crippen LogP contribution in [0.1, 0.15) is 46.5 Å². The van der Waals surface area contributed by atoms with E-state index >= 15 is 0 Å². The summed E-state index contributed by atoms with van der Waals surface area (Å²) >= 11 is 0. The molecule has 0 aromatic heterocycles. The predicted octanol–water partition coefficient (Wildman–Crippen LogP) is 2.48. The Bertz CT molecular complexity index is 132. The van der Waals surface area contributed by atoms with Crippen molar-refractivity contribution in [3.63, 3.8) is 0 Å². The van der Waals surface area contributed by atoms with Gasteiger partial charge in [-0.3, -0.25) is 0 Å².